The molecule has 1 aliphatic carbocycles. The number of rotatable bonds is 5. The van der Waals surface area contributed by atoms with E-state index >= 15 is 0 Å². The van der Waals surface area contributed by atoms with Crippen molar-refractivity contribution in [3.05, 3.63) is 18.0 Å². The molecular formula is C13H21N3O2. The largest absolute Gasteiger partial charge is 0.481 e. The van der Waals surface area contributed by atoms with E-state index in [9.17, 15) is 4.79 Å². The normalized spacial score (nSPS) is 24.1. The Morgan fingerprint density at radius 1 is 1.61 bits per heavy atom. The second-order valence-electron chi connectivity index (χ2n) is 4.92. The van der Waals surface area contributed by atoms with Gasteiger partial charge in [-0.05, 0) is 32.3 Å². The van der Waals surface area contributed by atoms with Crippen molar-refractivity contribution >= 4 is 5.97 Å². The first-order chi connectivity index (χ1) is 8.70. The molecule has 0 radical (unpaired) electrons. The standard InChI is InChI=1S/C13H21N3O2/c1-2-16-12(6-7-15-16)9-14-11-5-3-4-10(8-11)13(17)18/h6-7,10-11,14H,2-5,8-9H2,1H3,(H,17,18). The first-order valence-corrected chi connectivity index (χ1v) is 6.67. The van der Waals surface area contributed by atoms with Gasteiger partial charge in [0.25, 0.3) is 0 Å². The maximum Gasteiger partial charge on any atom is 0.306 e. The summed E-state index contributed by atoms with van der Waals surface area (Å²) in [7, 11) is 0. The third-order valence-corrected chi connectivity index (χ3v) is 3.70. The molecule has 18 heavy (non-hydrogen) atoms. The summed E-state index contributed by atoms with van der Waals surface area (Å²) in [4.78, 5) is 11.0. The Morgan fingerprint density at radius 3 is 3.17 bits per heavy atom. The third-order valence-electron chi connectivity index (χ3n) is 3.70. The van der Waals surface area contributed by atoms with Gasteiger partial charge in [0, 0.05) is 25.3 Å². The number of carbonyl (C=O) groups is 1. The fraction of sp³-hybridized carbons (Fsp3) is 0.692. The van der Waals surface area contributed by atoms with Crippen molar-refractivity contribution in [1.82, 2.24) is 15.1 Å². The summed E-state index contributed by atoms with van der Waals surface area (Å²) in [6.45, 7) is 3.70. The molecule has 100 valence electrons. The van der Waals surface area contributed by atoms with Gasteiger partial charge in [-0.15, -0.1) is 0 Å². The van der Waals surface area contributed by atoms with E-state index in [1.807, 2.05) is 10.7 Å². The molecule has 0 saturated heterocycles. The van der Waals surface area contributed by atoms with Crippen molar-refractivity contribution in [3.8, 4) is 0 Å². The van der Waals surface area contributed by atoms with E-state index in [-0.39, 0.29) is 5.92 Å². The lowest BCUT2D eigenvalue weighted by Crippen LogP contribution is -2.36. The first kappa shape index (κ1) is 13.1. The lowest BCUT2D eigenvalue weighted by molar-refractivity contribution is -0.143. The fourth-order valence-electron chi connectivity index (χ4n) is 2.64. The predicted molar refractivity (Wildman–Crippen MR) is 68.1 cm³/mol. The zero-order chi connectivity index (χ0) is 13.0. The van der Waals surface area contributed by atoms with Gasteiger partial charge in [-0.1, -0.05) is 6.42 Å². The molecule has 1 saturated carbocycles. The summed E-state index contributed by atoms with van der Waals surface area (Å²) in [5, 5.41) is 16.7. The predicted octanol–water partition coefficient (Wildman–Crippen LogP) is 1.64. The number of carboxylic acid groups (broad SMARTS) is 1. The zero-order valence-electron chi connectivity index (χ0n) is 10.8. The zero-order valence-corrected chi connectivity index (χ0v) is 10.8. The van der Waals surface area contributed by atoms with E-state index in [1.165, 1.54) is 0 Å². The number of hydrogen-bond acceptors (Lipinski definition) is 3. The molecule has 1 fully saturated rings. The minimum atomic E-state index is -0.653. The molecule has 0 aromatic carbocycles. The Bertz CT molecular complexity index is 403. The number of aryl methyl sites for hydroxylation is 1. The molecule has 0 spiro atoms. The van der Waals surface area contributed by atoms with Crippen LogP contribution in [-0.4, -0.2) is 26.9 Å². The minimum absolute atomic E-state index is 0.174. The molecule has 2 atom stereocenters. The number of hydrogen-bond donors (Lipinski definition) is 2. The summed E-state index contributed by atoms with van der Waals surface area (Å²) >= 11 is 0. The van der Waals surface area contributed by atoms with Crippen LogP contribution in [0.4, 0.5) is 0 Å². The third kappa shape index (κ3) is 3.10. The van der Waals surface area contributed by atoms with E-state index in [0.717, 1.165) is 44.5 Å². The molecule has 0 bridgehead atoms. The molecule has 0 aliphatic heterocycles. The monoisotopic (exact) mass is 251 g/mol. The molecule has 5 heteroatoms. The fourth-order valence-corrected chi connectivity index (χ4v) is 2.64. The van der Waals surface area contributed by atoms with Gasteiger partial charge in [0.05, 0.1) is 11.6 Å². The molecule has 1 aliphatic rings. The van der Waals surface area contributed by atoms with Crippen molar-refractivity contribution in [2.45, 2.75) is 51.7 Å². The minimum Gasteiger partial charge on any atom is -0.481 e. The molecule has 0 amide bonds. The summed E-state index contributed by atoms with van der Waals surface area (Å²) in [5.41, 5.74) is 1.16. The summed E-state index contributed by atoms with van der Waals surface area (Å²) in [6.07, 6.45) is 5.45. The van der Waals surface area contributed by atoms with E-state index in [4.69, 9.17) is 5.11 Å². The number of aromatic nitrogens is 2. The second-order valence-corrected chi connectivity index (χ2v) is 4.92. The second kappa shape index (κ2) is 6.00. The Labute approximate surface area is 107 Å². The topological polar surface area (TPSA) is 67.2 Å². The van der Waals surface area contributed by atoms with Crippen LogP contribution < -0.4 is 5.32 Å². The van der Waals surface area contributed by atoms with Crippen LogP contribution in [0.15, 0.2) is 12.3 Å². The van der Waals surface area contributed by atoms with Crippen molar-refractivity contribution in [2.24, 2.45) is 5.92 Å². The van der Waals surface area contributed by atoms with Crippen LogP contribution in [0.3, 0.4) is 0 Å². The van der Waals surface area contributed by atoms with Crippen LogP contribution >= 0.6 is 0 Å². The van der Waals surface area contributed by atoms with Gasteiger partial charge >= 0.3 is 5.97 Å². The highest BCUT2D eigenvalue weighted by atomic mass is 16.4. The van der Waals surface area contributed by atoms with Gasteiger partial charge < -0.3 is 10.4 Å². The van der Waals surface area contributed by atoms with Crippen LogP contribution in [0.2, 0.25) is 0 Å². The van der Waals surface area contributed by atoms with Crippen LogP contribution in [0.5, 0.6) is 0 Å². The van der Waals surface area contributed by atoms with Gasteiger partial charge in [0.15, 0.2) is 0 Å². The van der Waals surface area contributed by atoms with Crippen molar-refractivity contribution in [3.63, 3.8) is 0 Å². The lowest BCUT2D eigenvalue weighted by Gasteiger charge is -2.27. The van der Waals surface area contributed by atoms with Crippen LogP contribution in [0.1, 0.15) is 38.3 Å². The van der Waals surface area contributed by atoms with Gasteiger partial charge in [-0.2, -0.15) is 5.10 Å². The molecule has 1 heterocycles. The van der Waals surface area contributed by atoms with Gasteiger partial charge in [0.2, 0.25) is 0 Å². The van der Waals surface area contributed by atoms with Crippen molar-refractivity contribution < 1.29 is 9.90 Å². The van der Waals surface area contributed by atoms with Crippen LogP contribution in [0.25, 0.3) is 0 Å². The van der Waals surface area contributed by atoms with Crippen molar-refractivity contribution in [1.29, 1.82) is 0 Å². The quantitative estimate of drug-likeness (QED) is 0.834. The first-order valence-electron chi connectivity index (χ1n) is 6.67. The van der Waals surface area contributed by atoms with Gasteiger partial charge in [0.1, 0.15) is 0 Å². The molecule has 1 aromatic heterocycles. The Balaban J connectivity index is 1.85. The number of nitrogens with zero attached hydrogens (tertiary/aromatic N) is 2. The smallest absolute Gasteiger partial charge is 0.306 e. The van der Waals surface area contributed by atoms with E-state index < -0.39 is 5.97 Å². The number of carboxylic acids is 1. The molecule has 1 aromatic rings. The Kier molecular flexibility index (Phi) is 4.36. The Morgan fingerprint density at radius 2 is 2.44 bits per heavy atom. The SMILES string of the molecule is CCn1nccc1CNC1CCCC(C(=O)O)C1. The van der Waals surface area contributed by atoms with Crippen LogP contribution in [-0.2, 0) is 17.9 Å². The highest BCUT2D eigenvalue weighted by Gasteiger charge is 2.26. The van der Waals surface area contributed by atoms with Gasteiger partial charge in [-0.25, -0.2) is 0 Å². The molecule has 2 N–H and O–H groups in total. The van der Waals surface area contributed by atoms with E-state index in [2.05, 4.69) is 17.3 Å². The van der Waals surface area contributed by atoms with Gasteiger partial charge in [-0.3, -0.25) is 9.48 Å². The molecular weight excluding hydrogens is 230 g/mol. The highest BCUT2D eigenvalue weighted by molar-refractivity contribution is 5.70. The highest BCUT2D eigenvalue weighted by Crippen LogP contribution is 2.24. The average molecular weight is 251 g/mol. The van der Waals surface area contributed by atoms with E-state index in [0.29, 0.717) is 6.04 Å². The average Bonchev–Trinajstić information content (AvgIpc) is 2.84. The molecule has 2 rings (SSSR count). The summed E-state index contributed by atoms with van der Waals surface area (Å²) < 4.78 is 1.96. The molecule has 2 unspecified atom stereocenters. The van der Waals surface area contributed by atoms with Crippen molar-refractivity contribution in [2.75, 3.05) is 0 Å². The number of aliphatic carboxylic acids is 1. The summed E-state index contributed by atoms with van der Waals surface area (Å²) in [6, 6.07) is 2.33. The summed E-state index contributed by atoms with van der Waals surface area (Å²) in [5.74, 6) is -0.826. The Hall–Kier alpha value is -1.36. The maximum atomic E-state index is 11.0. The number of nitrogens with one attached hydrogen (secondary N) is 1. The van der Waals surface area contributed by atoms with E-state index in [1.54, 1.807) is 6.20 Å². The van der Waals surface area contributed by atoms with Crippen LogP contribution in [0, 0.1) is 5.92 Å². The molecule has 5 nitrogen and oxygen atoms in total. The lowest BCUT2D eigenvalue weighted by atomic mass is 9.86. The maximum absolute atomic E-state index is 11.0.